The topological polar surface area (TPSA) is 76.7 Å². The van der Waals surface area contributed by atoms with E-state index in [0.717, 1.165) is 5.56 Å². The molecule has 3 N–H and O–H groups in total. The molecule has 0 heterocycles. The van der Waals surface area contributed by atoms with Crippen molar-refractivity contribution < 1.29 is 9.53 Å². The number of carbonyl (C=O) groups excluding carboxylic acids is 1. The molecule has 0 aliphatic heterocycles. The largest absolute Gasteiger partial charge is 0.364 e. The normalized spacial score (nSPS) is 14.9. The molecule has 5 nitrogen and oxygen atoms in total. The fourth-order valence-electron chi connectivity index (χ4n) is 1.73. The summed E-state index contributed by atoms with van der Waals surface area (Å²) in [6.45, 7) is 8.50. The van der Waals surface area contributed by atoms with Crippen molar-refractivity contribution in [1.29, 1.82) is 0 Å². The van der Waals surface area contributed by atoms with Gasteiger partial charge >= 0.3 is 6.03 Å². The number of nitrogens with one attached hydrogen (secondary N) is 1. The lowest BCUT2D eigenvalue weighted by Crippen LogP contribution is -2.37. The third-order valence-electron chi connectivity index (χ3n) is 3.05. The standard InChI is InChI=1S/C15H23N3O2/c1-11(2)10-20-15(4,12(3)17-18-14(16)19)13-8-6-5-7-9-13/h5-9,11H,10H2,1-4H3,(H3,16,18,19)/b17-12-/t15-/m0/s1. The van der Waals surface area contributed by atoms with Crippen LogP contribution in [0.1, 0.15) is 33.3 Å². The van der Waals surface area contributed by atoms with Crippen LogP contribution in [-0.4, -0.2) is 18.3 Å². The second-order valence-electron chi connectivity index (χ2n) is 5.28. The van der Waals surface area contributed by atoms with Gasteiger partial charge in [0.2, 0.25) is 0 Å². The molecule has 0 aliphatic rings. The lowest BCUT2D eigenvalue weighted by Gasteiger charge is -2.31. The van der Waals surface area contributed by atoms with E-state index in [1.807, 2.05) is 44.2 Å². The molecule has 0 saturated heterocycles. The molecule has 1 aromatic carbocycles. The fraction of sp³-hybridized carbons (Fsp3) is 0.467. The average molecular weight is 277 g/mol. The van der Waals surface area contributed by atoms with Crippen LogP contribution in [0.25, 0.3) is 0 Å². The molecule has 1 atom stereocenters. The number of amides is 2. The van der Waals surface area contributed by atoms with E-state index < -0.39 is 11.6 Å². The number of primary amides is 1. The van der Waals surface area contributed by atoms with Crippen molar-refractivity contribution in [1.82, 2.24) is 5.43 Å². The summed E-state index contributed by atoms with van der Waals surface area (Å²) in [6, 6.07) is 9.10. The van der Waals surface area contributed by atoms with Crippen LogP contribution >= 0.6 is 0 Å². The summed E-state index contributed by atoms with van der Waals surface area (Å²) in [7, 11) is 0. The van der Waals surface area contributed by atoms with Gasteiger partial charge in [0.15, 0.2) is 0 Å². The van der Waals surface area contributed by atoms with Crippen LogP contribution in [0.3, 0.4) is 0 Å². The summed E-state index contributed by atoms with van der Waals surface area (Å²) in [4.78, 5) is 10.8. The van der Waals surface area contributed by atoms with E-state index in [0.29, 0.717) is 18.2 Å². The van der Waals surface area contributed by atoms with Crippen LogP contribution < -0.4 is 11.2 Å². The summed E-state index contributed by atoms with van der Waals surface area (Å²) in [5.74, 6) is 0.398. The number of nitrogens with two attached hydrogens (primary N) is 1. The molecule has 0 aromatic heterocycles. The Labute approximate surface area is 120 Å². The molecule has 0 radical (unpaired) electrons. The van der Waals surface area contributed by atoms with Crippen LogP contribution in [0, 0.1) is 5.92 Å². The number of rotatable bonds is 6. The van der Waals surface area contributed by atoms with E-state index in [-0.39, 0.29) is 0 Å². The van der Waals surface area contributed by atoms with Crippen molar-refractivity contribution in [3.8, 4) is 0 Å². The number of benzene rings is 1. The molecule has 0 saturated carbocycles. The molecule has 0 aliphatic carbocycles. The highest BCUT2D eigenvalue weighted by Gasteiger charge is 2.31. The minimum Gasteiger partial charge on any atom is -0.364 e. The second kappa shape index (κ2) is 7.05. The van der Waals surface area contributed by atoms with Crippen molar-refractivity contribution in [2.75, 3.05) is 6.61 Å². The van der Waals surface area contributed by atoms with Crippen molar-refractivity contribution in [3.05, 3.63) is 35.9 Å². The molecular weight excluding hydrogens is 254 g/mol. The van der Waals surface area contributed by atoms with Gasteiger partial charge in [0, 0.05) is 0 Å². The second-order valence-corrected chi connectivity index (χ2v) is 5.28. The van der Waals surface area contributed by atoms with Gasteiger partial charge in [-0.1, -0.05) is 44.2 Å². The molecule has 0 unspecified atom stereocenters. The third kappa shape index (κ3) is 4.35. The van der Waals surface area contributed by atoms with Crippen molar-refractivity contribution in [3.63, 3.8) is 0 Å². The molecule has 20 heavy (non-hydrogen) atoms. The Kier molecular flexibility index (Phi) is 5.70. The summed E-state index contributed by atoms with van der Waals surface area (Å²) < 4.78 is 6.05. The van der Waals surface area contributed by atoms with Crippen molar-refractivity contribution in [2.45, 2.75) is 33.3 Å². The van der Waals surface area contributed by atoms with Gasteiger partial charge in [0.25, 0.3) is 0 Å². The zero-order valence-electron chi connectivity index (χ0n) is 12.5. The van der Waals surface area contributed by atoms with E-state index in [2.05, 4.69) is 24.4 Å². The average Bonchev–Trinajstić information content (AvgIpc) is 2.43. The molecule has 110 valence electrons. The van der Waals surface area contributed by atoms with E-state index in [1.165, 1.54) is 0 Å². The van der Waals surface area contributed by atoms with E-state index in [4.69, 9.17) is 10.5 Å². The predicted molar refractivity (Wildman–Crippen MR) is 80.4 cm³/mol. The molecule has 5 heteroatoms. The highest BCUT2D eigenvalue weighted by atomic mass is 16.5. The maximum atomic E-state index is 10.8. The molecule has 0 bridgehead atoms. The van der Waals surface area contributed by atoms with Gasteiger partial charge in [-0.15, -0.1) is 0 Å². The zero-order chi connectivity index (χ0) is 15.2. The van der Waals surface area contributed by atoms with Crippen LogP contribution in [0.5, 0.6) is 0 Å². The van der Waals surface area contributed by atoms with E-state index in [1.54, 1.807) is 0 Å². The number of hydrazone groups is 1. The van der Waals surface area contributed by atoms with Gasteiger partial charge in [-0.25, -0.2) is 10.2 Å². The first kappa shape index (κ1) is 16.2. The van der Waals surface area contributed by atoms with E-state index in [9.17, 15) is 4.79 Å². The van der Waals surface area contributed by atoms with Gasteiger partial charge < -0.3 is 10.5 Å². The van der Waals surface area contributed by atoms with Gasteiger partial charge in [0.1, 0.15) is 5.60 Å². The molecular formula is C15H23N3O2. The molecule has 1 rings (SSSR count). The predicted octanol–water partition coefficient (Wildman–Crippen LogP) is 2.62. The molecule has 2 amide bonds. The molecule has 0 spiro atoms. The van der Waals surface area contributed by atoms with Gasteiger partial charge in [0.05, 0.1) is 12.3 Å². The summed E-state index contributed by atoms with van der Waals surface area (Å²) >= 11 is 0. The Morgan fingerprint density at radius 3 is 2.50 bits per heavy atom. The minimum absolute atomic E-state index is 0.398. The minimum atomic E-state index is -0.700. The number of hydrogen-bond acceptors (Lipinski definition) is 3. The zero-order valence-corrected chi connectivity index (χ0v) is 12.5. The van der Waals surface area contributed by atoms with Gasteiger partial charge in [-0.2, -0.15) is 5.10 Å². The maximum Gasteiger partial charge on any atom is 0.332 e. The molecule has 0 fully saturated rings. The number of hydrogen-bond donors (Lipinski definition) is 2. The number of nitrogens with zero attached hydrogens (tertiary/aromatic N) is 1. The monoisotopic (exact) mass is 277 g/mol. The Morgan fingerprint density at radius 2 is 2.00 bits per heavy atom. The van der Waals surface area contributed by atoms with Crippen LogP contribution in [0.4, 0.5) is 4.79 Å². The smallest absolute Gasteiger partial charge is 0.332 e. The first-order valence-electron chi connectivity index (χ1n) is 6.66. The Morgan fingerprint density at radius 1 is 1.40 bits per heavy atom. The fourth-order valence-corrected chi connectivity index (χ4v) is 1.73. The SMILES string of the molecule is C/C(=N/NC(N)=O)[C@](C)(OCC(C)C)c1ccccc1. The van der Waals surface area contributed by atoms with Crippen molar-refractivity contribution in [2.24, 2.45) is 16.8 Å². The van der Waals surface area contributed by atoms with Crippen LogP contribution in [-0.2, 0) is 10.3 Å². The summed E-state index contributed by atoms with van der Waals surface area (Å²) in [5.41, 5.74) is 8.22. The number of carbonyl (C=O) groups is 1. The van der Waals surface area contributed by atoms with Gasteiger partial charge in [-0.3, -0.25) is 0 Å². The van der Waals surface area contributed by atoms with Crippen LogP contribution in [0.2, 0.25) is 0 Å². The number of ether oxygens (including phenoxy) is 1. The third-order valence-corrected chi connectivity index (χ3v) is 3.05. The van der Waals surface area contributed by atoms with Crippen LogP contribution in [0.15, 0.2) is 35.4 Å². The summed E-state index contributed by atoms with van der Waals surface area (Å²) in [6.07, 6.45) is 0. The highest BCUT2D eigenvalue weighted by Crippen LogP contribution is 2.27. The Balaban J connectivity index is 3.06. The lowest BCUT2D eigenvalue weighted by atomic mass is 9.91. The van der Waals surface area contributed by atoms with Gasteiger partial charge in [-0.05, 0) is 25.3 Å². The van der Waals surface area contributed by atoms with E-state index >= 15 is 0 Å². The lowest BCUT2D eigenvalue weighted by molar-refractivity contribution is 0.00164. The Hall–Kier alpha value is -1.88. The summed E-state index contributed by atoms with van der Waals surface area (Å²) in [5, 5.41) is 4.02. The first-order valence-corrected chi connectivity index (χ1v) is 6.66. The molecule has 1 aromatic rings. The highest BCUT2D eigenvalue weighted by molar-refractivity contribution is 5.92. The maximum absolute atomic E-state index is 10.8. The quantitative estimate of drug-likeness (QED) is 0.619. The first-order chi connectivity index (χ1) is 9.36. The Bertz CT molecular complexity index is 471. The van der Waals surface area contributed by atoms with Crippen molar-refractivity contribution >= 4 is 11.7 Å². The number of urea groups is 1.